The molecule has 3 rings (SSSR count). The van der Waals surface area contributed by atoms with Crippen molar-refractivity contribution in [2.75, 3.05) is 7.11 Å². The summed E-state index contributed by atoms with van der Waals surface area (Å²) in [6.45, 7) is 0. The zero-order valence-electron chi connectivity index (χ0n) is 15.2. The molecule has 0 spiro atoms. The Labute approximate surface area is 167 Å². The molecule has 0 heterocycles. The van der Waals surface area contributed by atoms with Crippen LogP contribution in [0.3, 0.4) is 0 Å². The molecule has 1 N–H and O–H groups in total. The first-order chi connectivity index (χ1) is 13.8. The van der Waals surface area contributed by atoms with E-state index in [2.05, 4.69) is 0 Å². The number of ether oxygens (including phenoxy) is 2. The number of hydrogen-bond acceptors (Lipinski definition) is 6. The molecule has 29 heavy (non-hydrogen) atoms. The van der Waals surface area contributed by atoms with Crippen molar-refractivity contribution in [2.45, 2.75) is 4.90 Å². The number of carbonyl (C=O) groups is 2. The molecule has 0 atom stereocenters. The molecule has 0 fully saturated rings. The number of ketones is 1. The molecular weight excluding hydrogens is 396 g/mol. The van der Waals surface area contributed by atoms with Gasteiger partial charge < -0.3 is 9.47 Å². The molecule has 0 bridgehead atoms. The van der Waals surface area contributed by atoms with E-state index in [1.807, 2.05) is 0 Å². The Kier molecular flexibility index (Phi) is 5.76. The van der Waals surface area contributed by atoms with Crippen LogP contribution in [-0.4, -0.2) is 31.8 Å². The van der Waals surface area contributed by atoms with Crippen LogP contribution in [-0.2, 0) is 10.1 Å². The third-order valence-corrected chi connectivity index (χ3v) is 4.91. The summed E-state index contributed by atoms with van der Waals surface area (Å²) < 4.78 is 43.3. The van der Waals surface area contributed by atoms with Gasteiger partial charge in [-0.2, -0.15) is 8.42 Å². The van der Waals surface area contributed by atoms with E-state index >= 15 is 0 Å². The predicted molar refractivity (Wildman–Crippen MR) is 104 cm³/mol. The van der Waals surface area contributed by atoms with E-state index in [1.165, 1.54) is 31.4 Å². The fourth-order valence-electron chi connectivity index (χ4n) is 2.64. The highest BCUT2D eigenvalue weighted by molar-refractivity contribution is 7.86. The molecule has 0 radical (unpaired) electrons. The van der Waals surface area contributed by atoms with Gasteiger partial charge in [0.05, 0.1) is 18.2 Å². The monoisotopic (exact) mass is 412 g/mol. The van der Waals surface area contributed by atoms with Crippen LogP contribution >= 0.6 is 0 Å². The zero-order chi connectivity index (χ0) is 21.0. The van der Waals surface area contributed by atoms with Crippen LogP contribution in [0.5, 0.6) is 11.5 Å². The van der Waals surface area contributed by atoms with E-state index in [0.29, 0.717) is 0 Å². The first-order valence-corrected chi connectivity index (χ1v) is 9.82. The van der Waals surface area contributed by atoms with Crippen molar-refractivity contribution >= 4 is 21.9 Å². The first kappa shape index (κ1) is 20.2. The summed E-state index contributed by atoms with van der Waals surface area (Å²) in [7, 11) is -3.51. The minimum absolute atomic E-state index is 0.197. The minimum Gasteiger partial charge on any atom is -0.495 e. The lowest BCUT2D eigenvalue weighted by Crippen LogP contribution is -2.14. The highest BCUT2D eigenvalue weighted by Crippen LogP contribution is 2.34. The average molecular weight is 412 g/mol. The van der Waals surface area contributed by atoms with Crippen LogP contribution in [0, 0.1) is 0 Å². The highest BCUT2D eigenvalue weighted by Gasteiger charge is 2.26. The fourth-order valence-corrected chi connectivity index (χ4v) is 3.31. The number of rotatable bonds is 6. The average Bonchev–Trinajstić information content (AvgIpc) is 2.73. The van der Waals surface area contributed by atoms with Crippen LogP contribution in [0.15, 0.2) is 77.7 Å². The lowest BCUT2D eigenvalue weighted by molar-refractivity contribution is 0.0732. The van der Waals surface area contributed by atoms with E-state index in [0.717, 1.165) is 12.1 Å². The number of benzene rings is 3. The number of methoxy groups -OCH3 is 1. The Bertz CT molecular complexity index is 1150. The third-order valence-electron chi connectivity index (χ3n) is 4.04. The molecule has 0 saturated carbocycles. The Balaban J connectivity index is 2.15. The molecule has 148 valence electrons. The summed E-state index contributed by atoms with van der Waals surface area (Å²) in [5, 5.41) is 0. The Morgan fingerprint density at radius 1 is 0.828 bits per heavy atom. The molecule has 0 aliphatic carbocycles. The first-order valence-electron chi connectivity index (χ1n) is 8.37. The Morgan fingerprint density at radius 3 is 1.90 bits per heavy atom. The van der Waals surface area contributed by atoms with Gasteiger partial charge >= 0.3 is 5.97 Å². The Hall–Kier alpha value is -3.49. The van der Waals surface area contributed by atoms with Crippen molar-refractivity contribution in [1.82, 2.24) is 0 Å². The van der Waals surface area contributed by atoms with Gasteiger partial charge in [0.25, 0.3) is 10.1 Å². The fraction of sp³-hybridized carbons (Fsp3) is 0.0476. The van der Waals surface area contributed by atoms with E-state index in [9.17, 15) is 22.6 Å². The lowest BCUT2D eigenvalue weighted by atomic mass is 10.0. The largest absolute Gasteiger partial charge is 0.495 e. The molecule has 0 aromatic heterocycles. The van der Waals surface area contributed by atoms with Gasteiger partial charge in [0.15, 0.2) is 5.78 Å². The van der Waals surface area contributed by atoms with Crippen molar-refractivity contribution in [2.24, 2.45) is 0 Å². The molecule has 0 amide bonds. The summed E-state index contributed by atoms with van der Waals surface area (Å²) >= 11 is 0. The molecule has 3 aromatic rings. The lowest BCUT2D eigenvalue weighted by Gasteiger charge is -2.14. The second kappa shape index (κ2) is 8.26. The van der Waals surface area contributed by atoms with Gasteiger partial charge in [0.2, 0.25) is 0 Å². The molecule has 0 saturated heterocycles. The second-order valence-electron chi connectivity index (χ2n) is 5.92. The van der Waals surface area contributed by atoms with Crippen molar-refractivity contribution in [3.8, 4) is 11.5 Å². The zero-order valence-corrected chi connectivity index (χ0v) is 16.0. The Morgan fingerprint density at radius 2 is 1.38 bits per heavy atom. The maximum absolute atomic E-state index is 13.0. The van der Waals surface area contributed by atoms with Crippen LogP contribution in [0.25, 0.3) is 0 Å². The normalized spacial score (nSPS) is 11.0. The van der Waals surface area contributed by atoms with Crippen molar-refractivity contribution in [1.29, 1.82) is 0 Å². The molecule has 7 nitrogen and oxygen atoms in total. The van der Waals surface area contributed by atoms with Crippen molar-refractivity contribution in [3.05, 3.63) is 89.5 Å². The van der Waals surface area contributed by atoms with Gasteiger partial charge in [-0.15, -0.1) is 0 Å². The van der Waals surface area contributed by atoms with E-state index in [-0.39, 0.29) is 28.2 Å². The molecule has 3 aromatic carbocycles. The summed E-state index contributed by atoms with van der Waals surface area (Å²) in [6, 6.07) is 18.1. The third kappa shape index (κ3) is 4.50. The van der Waals surface area contributed by atoms with Crippen LogP contribution in [0.4, 0.5) is 0 Å². The number of hydrogen-bond donors (Lipinski definition) is 1. The topological polar surface area (TPSA) is 107 Å². The van der Waals surface area contributed by atoms with E-state index in [4.69, 9.17) is 9.47 Å². The van der Waals surface area contributed by atoms with Gasteiger partial charge in [-0.05, 0) is 18.2 Å². The predicted octanol–water partition coefficient (Wildman–Crippen LogP) is 3.39. The minimum atomic E-state index is -4.70. The van der Waals surface area contributed by atoms with E-state index < -0.39 is 26.8 Å². The maximum atomic E-state index is 13.0. The van der Waals surface area contributed by atoms with Gasteiger partial charge in [0, 0.05) is 11.6 Å². The standard InChI is InChI=1S/C21H16O7S/c1-27-18-13-17(28-21(23)15-10-6-3-7-11-15)16(12-19(18)29(24,25)26)20(22)14-8-4-2-5-9-14/h2-13H,1H3,(H,24,25,26). The molecule has 0 aliphatic heterocycles. The molecule has 0 unspecified atom stereocenters. The smallest absolute Gasteiger partial charge is 0.343 e. The summed E-state index contributed by atoms with van der Waals surface area (Å²) in [5.41, 5.74) is 0.272. The maximum Gasteiger partial charge on any atom is 0.343 e. The highest BCUT2D eigenvalue weighted by atomic mass is 32.2. The SMILES string of the molecule is COc1cc(OC(=O)c2ccccc2)c(C(=O)c2ccccc2)cc1S(=O)(=O)O. The summed E-state index contributed by atoms with van der Waals surface area (Å²) in [5.74, 6) is -1.80. The van der Waals surface area contributed by atoms with Gasteiger partial charge in [-0.1, -0.05) is 48.5 Å². The quantitative estimate of drug-likeness (QED) is 0.286. The van der Waals surface area contributed by atoms with Gasteiger partial charge in [0.1, 0.15) is 16.4 Å². The summed E-state index contributed by atoms with van der Waals surface area (Å²) in [4.78, 5) is 24.8. The molecule has 0 aliphatic rings. The van der Waals surface area contributed by atoms with Gasteiger partial charge in [-0.25, -0.2) is 4.79 Å². The van der Waals surface area contributed by atoms with Crippen molar-refractivity contribution < 1.29 is 32.0 Å². The summed E-state index contributed by atoms with van der Waals surface area (Å²) in [6.07, 6.45) is 0. The molecule has 8 heteroatoms. The number of carbonyl (C=O) groups excluding carboxylic acids is 2. The second-order valence-corrected chi connectivity index (χ2v) is 7.31. The van der Waals surface area contributed by atoms with E-state index in [1.54, 1.807) is 36.4 Å². The van der Waals surface area contributed by atoms with Crippen molar-refractivity contribution in [3.63, 3.8) is 0 Å². The van der Waals surface area contributed by atoms with Gasteiger partial charge in [-0.3, -0.25) is 9.35 Å². The number of esters is 1. The van der Waals surface area contributed by atoms with Crippen LogP contribution < -0.4 is 9.47 Å². The van der Waals surface area contributed by atoms with Crippen LogP contribution in [0.1, 0.15) is 26.3 Å². The molecular formula is C21H16O7S. The van der Waals surface area contributed by atoms with Crippen LogP contribution in [0.2, 0.25) is 0 Å².